The van der Waals surface area contributed by atoms with Crippen molar-refractivity contribution in [3.8, 4) is 0 Å². The van der Waals surface area contributed by atoms with Crippen LogP contribution >= 0.6 is 0 Å². The molecular weight excluding hydrogens is 179 g/mol. The monoisotopic (exact) mass is 196 g/mol. The first-order valence-corrected chi connectivity index (χ1v) is 4.65. The molecule has 0 saturated carbocycles. The lowest BCUT2D eigenvalue weighted by Gasteiger charge is -2.36. The van der Waals surface area contributed by atoms with Crippen molar-refractivity contribution in [1.82, 2.24) is 4.90 Å². The Hall–Kier alpha value is -0.930. The van der Waals surface area contributed by atoms with Gasteiger partial charge < -0.3 is 5.73 Å². The van der Waals surface area contributed by atoms with Gasteiger partial charge in [-0.15, -0.1) is 0 Å². The summed E-state index contributed by atoms with van der Waals surface area (Å²) in [5, 5.41) is 0. The van der Waals surface area contributed by atoms with Crippen molar-refractivity contribution in [3.05, 3.63) is 35.6 Å². The number of rotatable bonds is 3. The Morgan fingerprint density at radius 1 is 1.36 bits per heavy atom. The van der Waals surface area contributed by atoms with Crippen LogP contribution in [-0.4, -0.2) is 25.5 Å². The maximum absolute atomic E-state index is 13.6. The standard InChI is InChI=1S/C11H17FN2/c1-11(8-13,14(2)3)9-6-4-5-7-10(9)12/h4-7H,8,13H2,1-3H3. The molecule has 0 aliphatic carbocycles. The molecular formula is C11H17FN2. The van der Waals surface area contributed by atoms with Crippen molar-refractivity contribution in [2.75, 3.05) is 20.6 Å². The van der Waals surface area contributed by atoms with Gasteiger partial charge in [-0.3, -0.25) is 4.90 Å². The van der Waals surface area contributed by atoms with E-state index in [1.54, 1.807) is 12.1 Å². The third kappa shape index (κ3) is 1.79. The maximum atomic E-state index is 13.6. The highest BCUT2D eigenvalue weighted by molar-refractivity contribution is 5.26. The molecule has 1 rings (SSSR count). The molecule has 0 aliphatic heterocycles. The van der Waals surface area contributed by atoms with Gasteiger partial charge in [0.15, 0.2) is 0 Å². The third-order valence-electron chi connectivity index (χ3n) is 2.84. The minimum Gasteiger partial charge on any atom is -0.328 e. The lowest BCUT2D eigenvalue weighted by atomic mass is 9.90. The predicted octanol–water partition coefficient (Wildman–Crippen LogP) is 1.56. The average Bonchev–Trinajstić information content (AvgIpc) is 2.17. The second-order valence-corrected chi connectivity index (χ2v) is 3.85. The van der Waals surface area contributed by atoms with Crippen molar-refractivity contribution in [2.45, 2.75) is 12.5 Å². The van der Waals surface area contributed by atoms with Crippen LogP contribution in [0.3, 0.4) is 0 Å². The number of likely N-dealkylation sites (N-methyl/N-ethyl adjacent to an activating group) is 1. The van der Waals surface area contributed by atoms with Gasteiger partial charge in [0.1, 0.15) is 5.82 Å². The Bertz CT molecular complexity index is 312. The van der Waals surface area contributed by atoms with Gasteiger partial charge in [-0.1, -0.05) is 18.2 Å². The second kappa shape index (κ2) is 4.07. The Balaban J connectivity index is 3.19. The molecule has 0 heterocycles. The van der Waals surface area contributed by atoms with E-state index in [-0.39, 0.29) is 5.82 Å². The molecule has 78 valence electrons. The zero-order valence-electron chi connectivity index (χ0n) is 8.92. The molecule has 0 fully saturated rings. The van der Waals surface area contributed by atoms with E-state index in [0.717, 1.165) is 0 Å². The van der Waals surface area contributed by atoms with Crippen molar-refractivity contribution in [1.29, 1.82) is 0 Å². The van der Waals surface area contributed by atoms with Gasteiger partial charge in [0.05, 0.1) is 5.54 Å². The van der Waals surface area contributed by atoms with E-state index in [1.165, 1.54) is 6.07 Å². The van der Waals surface area contributed by atoms with Crippen LogP contribution in [-0.2, 0) is 5.54 Å². The van der Waals surface area contributed by atoms with Gasteiger partial charge in [-0.2, -0.15) is 0 Å². The fraction of sp³-hybridized carbons (Fsp3) is 0.455. The Labute approximate surface area is 84.5 Å². The zero-order valence-corrected chi connectivity index (χ0v) is 8.92. The van der Waals surface area contributed by atoms with Gasteiger partial charge in [0, 0.05) is 12.1 Å². The highest BCUT2D eigenvalue weighted by atomic mass is 19.1. The molecule has 3 heteroatoms. The van der Waals surface area contributed by atoms with Gasteiger partial charge >= 0.3 is 0 Å². The van der Waals surface area contributed by atoms with Crippen LogP contribution in [0.5, 0.6) is 0 Å². The highest BCUT2D eigenvalue weighted by Crippen LogP contribution is 2.26. The van der Waals surface area contributed by atoms with Crippen LogP contribution in [0.25, 0.3) is 0 Å². The lowest BCUT2D eigenvalue weighted by molar-refractivity contribution is 0.177. The van der Waals surface area contributed by atoms with Crippen LogP contribution in [0.4, 0.5) is 4.39 Å². The van der Waals surface area contributed by atoms with Crippen LogP contribution < -0.4 is 5.73 Å². The van der Waals surface area contributed by atoms with Crippen LogP contribution in [0.15, 0.2) is 24.3 Å². The quantitative estimate of drug-likeness (QED) is 0.795. The first kappa shape index (κ1) is 11.1. The normalized spacial score (nSPS) is 15.6. The summed E-state index contributed by atoms with van der Waals surface area (Å²) < 4.78 is 13.6. The molecule has 0 spiro atoms. The summed E-state index contributed by atoms with van der Waals surface area (Å²) in [7, 11) is 3.80. The van der Waals surface area contributed by atoms with E-state index in [0.29, 0.717) is 12.1 Å². The van der Waals surface area contributed by atoms with Gasteiger partial charge in [0.2, 0.25) is 0 Å². The number of nitrogens with zero attached hydrogens (tertiary/aromatic N) is 1. The van der Waals surface area contributed by atoms with E-state index in [1.807, 2.05) is 32.0 Å². The molecule has 0 aliphatic rings. The van der Waals surface area contributed by atoms with E-state index < -0.39 is 5.54 Å². The molecule has 0 bridgehead atoms. The lowest BCUT2D eigenvalue weighted by Crippen LogP contribution is -2.45. The number of hydrogen-bond donors (Lipinski definition) is 1. The van der Waals surface area contributed by atoms with Crippen molar-refractivity contribution in [2.24, 2.45) is 5.73 Å². The van der Waals surface area contributed by atoms with Crippen LogP contribution in [0, 0.1) is 5.82 Å². The smallest absolute Gasteiger partial charge is 0.128 e. The third-order valence-corrected chi connectivity index (χ3v) is 2.84. The minimum absolute atomic E-state index is 0.200. The highest BCUT2D eigenvalue weighted by Gasteiger charge is 2.29. The summed E-state index contributed by atoms with van der Waals surface area (Å²) in [6, 6.07) is 6.76. The molecule has 0 amide bonds. The van der Waals surface area contributed by atoms with Gasteiger partial charge in [-0.25, -0.2) is 4.39 Å². The molecule has 0 aromatic heterocycles. The summed E-state index contributed by atoms with van der Waals surface area (Å²) in [6.07, 6.45) is 0. The Kier molecular flexibility index (Phi) is 3.24. The summed E-state index contributed by atoms with van der Waals surface area (Å²) in [5.41, 5.74) is 5.91. The Morgan fingerprint density at radius 2 is 1.93 bits per heavy atom. The SMILES string of the molecule is CN(C)C(C)(CN)c1ccccc1F. The summed E-state index contributed by atoms with van der Waals surface area (Å²) in [6.45, 7) is 2.33. The van der Waals surface area contributed by atoms with Crippen LogP contribution in [0.1, 0.15) is 12.5 Å². The number of hydrogen-bond acceptors (Lipinski definition) is 2. The maximum Gasteiger partial charge on any atom is 0.128 e. The molecule has 1 aromatic carbocycles. The van der Waals surface area contributed by atoms with Crippen molar-refractivity contribution < 1.29 is 4.39 Å². The van der Waals surface area contributed by atoms with Crippen LogP contribution in [0.2, 0.25) is 0 Å². The molecule has 0 saturated heterocycles. The second-order valence-electron chi connectivity index (χ2n) is 3.85. The molecule has 2 N–H and O–H groups in total. The fourth-order valence-electron chi connectivity index (χ4n) is 1.43. The molecule has 1 unspecified atom stereocenters. The predicted molar refractivity (Wildman–Crippen MR) is 56.5 cm³/mol. The number of halogens is 1. The van der Waals surface area contributed by atoms with E-state index in [9.17, 15) is 4.39 Å². The largest absolute Gasteiger partial charge is 0.328 e. The van der Waals surface area contributed by atoms with Gasteiger partial charge in [-0.05, 0) is 27.1 Å². The number of nitrogens with two attached hydrogens (primary N) is 1. The number of benzene rings is 1. The summed E-state index contributed by atoms with van der Waals surface area (Å²) in [4.78, 5) is 1.94. The molecule has 1 atom stereocenters. The minimum atomic E-state index is -0.439. The molecule has 1 aromatic rings. The first-order chi connectivity index (χ1) is 6.52. The molecule has 0 radical (unpaired) electrons. The first-order valence-electron chi connectivity index (χ1n) is 4.65. The summed E-state index contributed by atoms with van der Waals surface area (Å²) >= 11 is 0. The molecule has 2 nitrogen and oxygen atoms in total. The van der Waals surface area contributed by atoms with Crippen molar-refractivity contribution in [3.63, 3.8) is 0 Å². The topological polar surface area (TPSA) is 29.3 Å². The molecule has 14 heavy (non-hydrogen) atoms. The zero-order chi connectivity index (χ0) is 10.8. The summed E-state index contributed by atoms with van der Waals surface area (Å²) in [5.74, 6) is -0.200. The fourth-order valence-corrected chi connectivity index (χ4v) is 1.43. The van der Waals surface area contributed by atoms with E-state index in [2.05, 4.69) is 0 Å². The van der Waals surface area contributed by atoms with Crippen molar-refractivity contribution >= 4 is 0 Å². The van der Waals surface area contributed by atoms with E-state index in [4.69, 9.17) is 5.73 Å². The van der Waals surface area contributed by atoms with Gasteiger partial charge in [0.25, 0.3) is 0 Å². The average molecular weight is 196 g/mol. The van der Waals surface area contributed by atoms with E-state index >= 15 is 0 Å². The Morgan fingerprint density at radius 3 is 2.36 bits per heavy atom.